The largest absolute Gasteiger partial charge is 0.508 e. The van der Waals surface area contributed by atoms with Gasteiger partial charge in [0.15, 0.2) is 0 Å². The fraction of sp³-hybridized carbons (Fsp3) is 0. The Morgan fingerprint density at radius 1 is 0.538 bits per heavy atom. The molecule has 0 saturated heterocycles. The van der Waals surface area contributed by atoms with E-state index in [2.05, 4.69) is 20.5 Å². The number of hydrogen-bond donors (Lipinski definition) is 4. The number of anilines is 2. The summed E-state index contributed by atoms with van der Waals surface area (Å²) < 4.78 is 0. The van der Waals surface area contributed by atoms with Crippen LogP contribution in [0.15, 0.2) is 81.1 Å². The van der Waals surface area contributed by atoms with Crippen molar-refractivity contribution in [3.63, 3.8) is 0 Å². The molecule has 8 nitrogen and oxygen atoms in total. The predicted octanol–water partition coefficient (Wildman–Crippen LogP) is 5.09. The second-order valence-electron chi connectivity index (χ2n) is 5.40. The van der Waals surface area contributed by atoms with Gasteiger partial charge < -0.3 is 21.7 Å². The smallest absolute Gasteiger partial charge is 0.117 e. The van der Waals surface area contributed by atoms with Gasteiger partial charge >= 0.3 is 0 Å². The van der Waals surface area contributed by atoms with Crippen LogP contribution in [0.2, 0.25) is 0 Å². The van der Waals surface area contributed by atoms with Gasteiger partial charge in [0.05, 0.1) is 22.7 Å². The van der Waals surface area contributed by atoms with Crippen LogP contribution in [0.25, 0.3) is 0 Å². The van der Waals surface area contributed by atoms with E-state index in [4.69, 9.17) is 11.5 Å². The molecule has 0 aliphatic rings. The molecule has 3 aromatic rings. The van der Waals surface area contributed by atoms with Gasteiger partial charge in [-0.05, 0) is 48.5 Å². The average molecular weight is 348 g/mol. The summed E-state index contributed by atoms with van der Waals surface area (Å²) in [6.45, 7) is 0. The lowest BCUT2D eigenvalue weighted by Crippen LogP contribution is -1.83. The molecule has 0 aromatic heterocycles. The van der Waals surface area contributed by atoms with E-state index in [0.717, 1.165) is 0 Å². The number of hydrogen-bond acceptors (Lipinski definition) is 8. The molecular formula is C18H16N6O2. The van der Waals surface area contributed by atoms with Gasteiger partial charge in [-0.25, -0.2) is 0 Å². The highest BCUT2D eigenvalue weighted by Crippen LogP contribution is 2.30. The van der Waals surface area contributed by atoms with Crippen LogP contribution >= 0.6 is 0 Å². The number of aromatic hydroxyl groups is 2. The van der Waals surface area contributed by atoms with Crippen LogP contribution in [0.3, 0.4) is 0 Å². The topological polar surface area (TPSA) is 142 Å². The number of rotatable bonds is 4. The first-order valence-corrected chi connectivity index (χ1v) is 7.62. The van der Waals surface area contributed by atoms with E-state index in [1.807, 2.05) is 0 Å². The first-order valence-electron chi connectivity index (χ1n) is 7.62. The molecule has 0 saturated carbocycles. The lowest BCUT2D eigenvalue weighted by molar-refractivity contribution is 0.475. The standard InChI is InChI=1S/C18H16N6O2/c19-15-9-13(25)5-7-17(15)23-21-11-1-2-12(4-3-11)22-24-18-8-6-14(26)10-16(18)20/h1-10,25-26H,19-20H2. The molecule has 6 N–H and O–H groups in total. The zero-order valence-electron chi connectivity index (χ0n) is 13.6. The fourth-order valence-corrected chi connectivity index (χ4v) is 2.08. The quantitative estimate of drug-likeness (QED) is 0.384. The molecular weight excluding hydrogens is 332 g/mol. The van der Waals surface area contributed by atoms with Crippen LogP contribution in [-0.4, -0.2) is 10.2 Å². The molecule has 0 aliphatic carbocycles. The van der Waals surface area contributed by atoms with Crippen LogP contribution < -0.4 is 11.5 Å². The van der Waals surface area contributed by atoms with Crippen molar-refractivity contribution in [2.75, 3.05) is 11.5 Å². The Kier molecular flexibility index (Phi) is 4.75. The minimum Gasteiger partial charge on any atom is -0.508 e. The Morgan fingerprint density at radius 3 is 1.27 bits per heavy atom. The summed E-state index contributed by atoms with van der Waals surface area (Å²) in [4.78, 5) is 0. The van der Waals surface area contributed by atoms with Crippen molar-refractivity contribution in [2.45, 2.75) is 0 Å². The lowest BCUT2D eigenvalue weighted by atomic mass is 10.2. The van der Waals surface area contributed by atoms with Crippen molar-refractivity contribution in [3.8, 4) is 11.5 Å². The Labute approximate surface area is 149 Å². The number of azo groups is 2. The number of nitrogen functional groups attached to an aromatic ring is 2. The van der Waals surface area contributed by atoms with Gasteiger partial charge in [0.1, 0.15) is 22.9 Å². The van der Waals surface area contributed by atoms with Gasteiger partial charge in [-0.2, -0.15) is 10.2 Å². The van der Waals surface area contributed by atoms with E-state index in [1.54, 1.807) is 36.4 Å². The first kappa shape index (κ1) is 16.9. The van der Waals surface area contributed by atoms with Crippen molar-refractivity contribution in [2.24, 2.45) is 20.5 Å². The number of phenolic OH excluding ortho intramolecular Hbond substituents is 2. The second kappa shape index (κ2) is 7.31. The van der Waals surface area contributed by atoms with Gasteiger partial charge in [-0.15, -0.1) is 10.2 Å². The van der Waals surface area contributed by atoms with E-state index < -0.39 is 0 Å². The molecule has 8 heteroatoms. The van der Waals surface area contributed by atoms with Gasteiger partial charge in [0, 0.05) is 12.1 Å². The summed E-state index contributed by atoms with van der Waals surface area (Å²) in [6.07, 6.45) is 0. The third-order valence-electron chi connectivity index (χ3n) is 3.42. The van der Waals surface area contributed by atoms with Crippen LogP contribution in [0, 0.1) is 0 Å². The summed E-state index contributed by atoms with van der Waals surface area (Å²) in [5.74, 6) is 0.149. The molecule has 3 aromatic carbocycles. The average Bonchev–Trinajstić information content (AvgIpc) is 2.61. The van der Waals surface area contributed by atoms with E-state index >= 15 is 0 Å². The molecule has 0 aliphatic heterocycles. The molecule has 0 unspecified atom stereocenters. The molecule has 26 heavy (non-hydrogen) atoms. The van der Waals surface area contributed by atoms with Crippen molar-refractivity contribution >= 4 is 34.1 Å². The molecule has 0 heterocycles. The molecule has 3 rings (SSSR count). The highest BCUT2D eigenvalue weighted by atomic mass is 16.3. The van der Waals surface area contributed by atoms with Crippen molar-refractivity contribution in [3.05, 3.63) is 60.7 Å². The number of nitrogens with two attached hydrogens (primary N) is 2. The first-order chi connectivity index (χ1) is 12.5. The van der Waals surface area contributed by atoms with Gasteiger partial charge in [-0.3, -0.25) is 0 Å². The van der Waals surface area contributed by atoms with Crippen LogP contribution in [0.5, 0.6) is 11.5 Å². The van der Waals surface area contributed by atoms with Crippen LogP contribution in [-0.2, 0) is 0 Å². The molecule has 0 bridgehead atoms. The maximum atomic E-state index is 9.33. The lowest BCUT2D eigenvalue weighted by Gasteiger charge is -2.00. The maximum absolute atomic E-state index is 9.33. The van der Waals surface area contributed by atoms with Crippen molar-refractivity contribution in [1.29, 1.82) is 0 Å². The SMILES string of the molecule is Nc1cc(O)ccc1N=Nc1ccc(N=Nc2ccc(O)cc2N)cc1. The number of benzene rings is 3. The van der Waals surface area contributed by atoms with Crippen LogP contribution in [0.1, 0.15) is 0 Å². The summed E-state index contributed by atoms with van der Waals surface area (Å²) in [5, 5.41) is 34.9. The van der Waals surface area contributed by atoms with Gasteiger partial charge in [0.25, 0.3) is 0 Å². The van der Waals surface area contributed by atoms with Crippen molar-refractivity contribution < 1.29 is 10.2 Å². The third-order valence-corrected chi connectivity index (χ3v) is 3.42. The second-order valence-corrected chi connectivity index (χ2v) is 5.40. The molecule has 0 atom stereocenters. The van der Waals surface area contributed by atoms with E-state index in [9.17, 15) is 10.2 Å². The zero-order valence-corrected chi connectivity index (χ0v) is 13.6. The van der Waals surface area contributed by atoms with Gasteiger partial charge in [0.2, 0.25) is 0 Å². The monoisotopic (exact) mass is 348 g/mol. The fourth-order valence-electron chi connectivity index (χ4n) is 2.08. The van der Waals surface area contributed by atoms with Gasteiger partial charge in [-0.1, -0.05) is 0 Å². The normalized spacial score (nSPS) is 11.4. The minimum absolute atomic E-state index is 0.0745. The summed E-state index contributed by atoms with van der Waals surface area (Å²) in [6, 6.07) is 15.9. The minimum atomic E-state index is 0.0745. The highest BCUT2D eigenvalue weighted by molar-refractivity contribution is 5.65. The molecule has 0 fully saturated rings. The Morgan fingerprint density at radius 2 is 0.923 bits per heavy atom. The zero-order chi connectivity index (χ0) is 18.5. The predicted molar refractivity (Wildman–Crippen MR) is 99.8 cm³/mol. The molecule has 0 spiro atoms. The number of phenols is 2. The Bertz CT molecular complexity index is 903. The van der Waals surface area contributed by atoms with E-state index in [-0.39, 0.29) is 11.5 Å². The molecule has 0 amide bonds. The Balaban J connectivity index is 1.72. The summed E-state index contributed by atoms with van der Waals surface area (Å²) in [5.41, 5.74) is 14.4. The molecule has 130 valence electrons. The Hall–Kier alpha value is -3.94. The van der Waals surface area contributed by atoms with E-state index in [1.165, 1.54) is 24.3 Å². The number of nitrogens with zero attached hydrogens (tertiary/aromatic N) is 4. The summed E-state index contributed by atoms with van der Waals surface area (Å²) >= 11 is 0. The van der Waals surface area contributed by atoms with Crippen molar-refractivity contribution in [1.82, 2.24) is 0 Å². The maximum Gasteiger partial charge on any atom is 0.117 e. The highest BCUT2D eigenvalue weighted by Gasteiger charge is 2.00. The van der Waals surface area contributed by atoms with E-state index in [0.29, 0.717) is 34.1 Å². The summed E-state index contributed by atoms with van der Waals surface area (Å²) in [7, 11) is 0. The van der Waals surface area contributed by atoms with Crippen LogP contribution in [0.4, 0.5) is 34.1 Å². The molecule has 0 radical (unpaired) electrons. The third kappa shape index (κ3) is 4.12.